The van der Waals surface area contributed by atoms with Crippen LogP contribution in [-0.2, 0) is 6.54 Å². The summed E-state index contributed by atoms with van der Waals surface area (Å²) in [5.74, 6) is 1.94. The van der Waals surface area contributed by atoms with E-state index >= 15 is 0 Å². The van der Waals surface area contributed by atoms with Crippen LogP contribution < -0.4 is 5.32 Å². The fraction of sp³-hybridized carbons (Fsp3) is 0.750. The minimum absolute atomic E-state index is 0.782. The molecule has 0 bridgehead atoms. The molecule has 0 aromatic carbocycles. The van der Waals surface area contributed by atoms with Crippen LogP contribution in [0.1, 0.15) is 30.1 Å². The minimum Gasteiger partial charge on any atom is -0.332 e. The van der Waals surface area contributed by atoms with Crippen molar-refractivity contribution in [3.05, 3.63) is 17.2 Å². The number of nitrogens with one attached hydrogen (secondary N) is 1. The molecule has 1 aliphatic heterocycles. The zero-order chi connectivity index (χ0) is 10.8. The molecular formula is C12H21N3. The molecule has 1 aliphatic rings. The summed E-state index contributed by atoms with van der Waals surface area (Å²) < 4.78 is 2.37. The number of imidazole rings is 1. The standard InChI is InChI=1S/C12H21N3/c1-9-10(2)15(11(3)14-9)8-12-5-4-6-13-7-12/h12-13H,4-8H2,1-3H3. The monoisotopic (exact) mass is 207 g/mol. The first-order valence-electron chi connectivity index (χ1n) is 5.89. The number of aryl methyl sites for hydroxylation is 2. The zero-order valence-electron chi connectivity index (χ0n) is 10.0. The van der Waals surface area contributed by atoms with E-state index in [4.69, 9.17) is 0 Å². The molecule has 1 N–H and O–H groups in total. The summed E-state index contributed by atoms with van der Waals surface area (Å²) in [4.78, 5) is 4.52. The summed E-state index contributed by atoms with van der Waals surface area (Å²) in [6, 6.07) is 0. The van der Waals surface area contributed by atoms with Gasteiger partial charge in [0.15, 0.2) is 0 Å². The molecule has 84 valence electrons. The van der Waals surface area contributed by atoms with Gasteiger partial charge >= 0.3 is 0 Å². The van der Waals surface area contributed by atoms with Crippen LogP contribution in [0.3, 0.4) is 0 Å². The number of aromatic nitrogens is 2. The molecular weight excluding hydrogens is 186 g/mol. The quantitative estimate of drug-likeness (QED) is 0.801. The Balaban J connectivity index is 2.09. The number of piperidine rings is 1. The summed E-state index contributed by atoms with van der Waals surface area (Å²) in [5.41, 5.74) is 2.51. The van der Waals surface area contributed by atoms with Crippen molar-refractivity contribution in [2.24, 2.45) is 5.92 Å². The van der Waals surface area contributed by atoms with Gasteiger partial charge in [-0.1, -0.05) is 0 Å². The summed E-state index contributed by atoms with van der Waals surface area (Å²) in [6.45, 7) is 9.86. The van der Waals surface area contributed by atoms with Crippen LogP contribution in [-0.4, -0.2) is 22.6 Å². The Morgan fingerprint density at radius 1 is 1.40 bits per heavy atom. The molecule has 1 fully saturated rings. The lowest BCUT2D eigenvalue weighted by Crippen LogP contribution is -2.32. The van der Waals surface area contributed by atoms with E-state index < -0.39 is 0 Å². The van der Waals surface area contributed by atoms with Gasteiger partial charge < -0.3 is 9.88 Å². The van der Waals surface area contributed by atoms with Crippen LogP contribution >= 0.6 is 0 Å². The highest BCUT2D eigenvalue weighted by atomic mass is 15.1. The average Bonchev–Trinajstić information content (AvgIpc) is 2.47. The normalized spacial score (nSPS) is 21.9. The molecule has 2 heterocycles. The van der Waals surface area contributed by atoms with E-state index in [1.165, 1.54) is 30.8 Å². The van der Waals surface area contributed by atoms with Crippen molar-refractivity contribution < 1.29 is 0 Å². The van der Waals surface area contributed by atoms with Gasteiger partial charge in [-0.25, -0.2) is 4.98 Å². The van der Waals surface area contributed by atoms with Crippen LogP contribution in [0.4, 0.5) is 0 Å². The summed E-state index contributed by atoms with van der Waals surface area (Å²) >= 11 is 0. The van der Waals surface area contributed by atoms with E-state index in [0.717, 1.165) is 24.8 Å². The first-order valence-corrected chi connectivity index (χ1v) is 5.89. The molecule has 1 unspecified atom stereocenters. The van der Waals surface area contributed by atoms with E-state index in [-0.39, 0.29) is 0 Å². The van der Waals surface area contributed by atoms with E-state index in [1.807, 2.05) is 0 Å². The lowest BCUT2D eigenvalue weighted by Gasteiger charge is -2.24. The Labute approximate surface area is 91.9 Å². The third-order valence-corrected chi connectivity index (χ3v) is 3.49. The Morgan fingerprint density at radius 2 is 2.20 bits per heavy atom. The van der Waals surface area contributed by atoms with Gasteiger partial charge in [0.25, 0.3) is 0 Å². The largest absolute Gasteiger partial charge is 0.332 e. The van der Waals surface area contributed by atoms with Crippen molar-refractivity contribution >= 4 is 0 Å². The highest BCUT2D eigenvalue weighted by Crippen LogP contribution is 2.16. The maximum Gasteiger partial charge on any atom is 0.106 e. The van der Waals surface area contributed by atoms with E-state index in [1.54, 1.807) is 0 Å². The molecule has 0 amide bonds. The van der Waals surface area contributed by atoms with Crippen LogP contribution in [0.25, 0.3) is 0 Å². The predicted molar refractivity (Wildman–Crippen MR) is 62.0 cm³/mol. The maximum atomic E-state index is 4.52. The molecule has 2 rings (SSSR count). The topological polar surface area (TPSA) is 29.9 Å². The van der Waals surface area contributed by atoms with Gasteiger partial charge in [-0.3, -0.25) is 0 Å². The summed E-state index contributed by atoms with van der Waals surface area (Å²) in [6.07, 6.45) is 2.67. The van der Waals surface area contributed by atoms with Gasteiger partial charge in [-0.15, -0.1) is 0 Å². The van der Waals surface area contributed by atoms with Crippen molar-refractivity contribution in [3.8, 4) is 0 Å². The van der Waals surface area contributed by atoms with Crippen molar-refractivity contribution in [1.82, 2.24) is 14.9 Å². The fourth-order valence-corrected chi connectivity index (χ4v) is 2.43. The molecule has 1 aromatic rings. The average molecular weight is 207 g/mol. The Bertz CT molecular complexity index is 335. The van der Waals surface area contributed by atoms with Gasteiger partial charge in [0.2, 0.25) is 0 Å². The number of nitrogens with zero attached hydrogens (tertiary/aromatic N) is 2. The number of hydrogen-bond donors (Lipinski definition) is 1. The fourth-order valence-electron chi connectivity index (χ4n) is 2.43. The van der Waals surface area contributed by atoms with E-state index in [9.17, 15) is 0 Å². The molecule has 1 saturated heterocycles. The molecule has 0 radical (unpaired) electrons. The van der Waals surface area contributed by atoms with Gasteiger partial charge in [-0.2, -0.15) is 0 Å². The molecule has 15 heavy (non-hydrogen) atoms. The van der Waals surface area contributed by atoms with Crippen LogP contribution in [0.5, 0.6) is 0 Å². The molecule has 0 saturated carbocycles. The highest BCUT2D eigenvalue weighted by molar-refractivity contribution is 5.13. The Hall–Kier alpha value is -0.830. The van der Waals surface area contributed by atoms with Crippen LogP contribution in [0.2, 0.25) is 0 Å². The highest BCUT2D eigenvalue weighted by Gasteiger charge is 2.16. The summed E-state index contributed by atoms with van der Waals surface area (Å²) in [7, 11) is 0. The SMILES string of the molecule is Cc1nc(C)n(CC2CCCNC2)c1C. The van der Waals surface area contributed by atoms with Crippen LogP contribution in [0, 0.1) is 26.7 Å². The third kappa shape index (κ3) is 2.23. The summed E-state index contributed by atoms with van der Waals surface area (Å²) in [5, 5.41) is 3.47. The maximum absolute atomic E-state index is 4.52. The van der Waals surface area contributed by atoms with Crippen molar-refractivity contribution in [2.75, 3.05) is 13.1 Å². The molecule has 3 heteroatoms. The van der Waals surface area contributed by atoms with E-state index in [2.05, 4.69) is 35.6 Å². The smallest absolute Gasteiger partial charge is 0.106 e. The molecule has 0 aliphatic carbocycles. The minimum atomic E-state index is 0.782. The predicted octanol–water partition coefficient (Wildman–Crippen LogP) is 1.81. The first-order chi connectivity index (χ1) is 7.18. The van der Waals surface area contributed by atoms with Gasteiger partial charge in [0, 0.05) is 12.2 Å². The van der Waals surface area contributed by atoms with Crippen molar-refractivity contribution in [3.63, 3.8) is 0 Å². The number of hydrogen-bond acceptors (Lipinski definition) is 2. The molecule has 0 spiro atoms. The lowest BCUT2D eigenvalue weighted by atomic mass is 9.99. The second-order valence-corrected chi connectivity index (χ2v) is 4.65. The molecule has 1 atom stereocenters. The Kier molecular flexibility index (Phi) is 3.10. The van der Waals surface area contributed by atoms with Crippen LogP contribution in [0.15, 0.2) is 0 Å². The van der Waals surface area contributed by atoms with Gasteiger partial charge in [0.1, 0.15) is 5.82 Å². The zero-order valence-corrected chi connectivity index (χ0v) is 10.0. The third-order valence-electron chi connectivity index (χ3n) is 3.49. The molecule has 1 aromatic heterocycles. The van der Waals surface area contributed by atoms with Gasteiger partial charge in [-0.05, 0) is 52.6 Å². The second-order valence-electron chi connectivity index (χ2n) is 4.65. The Morgan fingerprint density at radius 3 is 2.73 bits per heavy atom. The van der Waals surface area contributed by atoms with Crippen molar-refractivity contribution in [1.29, 1.82) is 0 Å². The number of rotatable bonds is 2. The molecule has 3 nitrogen and oxygen atoms in total. The lowest BCUT2D eigenvalue weighted by molar-refractivity contribution is 0.333. The first kappa shape index (κ1) is 10.7. The van der Waals surface area contributed by atoms with E-state index in [0.29, 0.717) is 0 Å². The van der Waals surface area contributed by atoms with Crippen molar-refractivity contribution in [2.45, 2.75) is 40.2 Å². The second kappa shape index (κ2) is 4.35. The van der Waals surface area contributed by atoms with Gasteiger partial charge in [0.05, 0.1) is 5.69 Å².